The molecule has 3 amide bonds. The van der Waals surface area contributed by atoms with Crippen LogP contribution in [0.5, 0.6) is 5.75 Å². The van der Waals surface area contributed by atoms with Crippen molar-refractivity contribution in [2.24, 2.45) is 18.9 Å². The van der Waals surface area contributed by atoms with E-state index in [1.54, 1.807) is 7.05 Å². The summed E-state index contributed by atoms with van der Waals surface area (Å²) in [6.07, 6.45) is 5.13. The van der Waals surface area contributed by atoms with Crippen molar-refractivity contribution in [1.82, 2.24) is 24.9 Å². The maximum atomic E-state index is 14.3. The topological polar surface area (TPSA) is 96.8 Å². The van der Waals surface area contributed by atoms with Gasteiger partial charge in [-0.25, -0.2) is 0 Å². The molecule has 1 unspecified atom stereocenters. The molecule has 2 fully saturated rings. The van der Waals surface area contributed by atoms with Gasteiger partial charge in [0.25, 0.3) is 0 Å². The van der Waals surface area contributed by atoms with Crippen molar-refractivity contribution >= 4 is 40.2 Å². The van der Waals surface area contributed by atoms with Gasteiger partial charge in [-0.2, -0.15) is 5.10 Å². The van der Waals surface area contributed by atoms with Gasteiger partial charge in [0.1, 0.15) is 18.1 Å². The van der Waals surface area contributed by atoms with Crippen molar-refractivity contribution in [2.45, 2.75) is 57.6 Å². The minimum atomic E-state index is -0.426. The lowest BCUT2D eigenvalue weighted by molar-refractivity contribution is -0.147. The number of fused-ring (bicyclic) bond motifs is 2. The number of hydrogen-bond acceptors (Lipinski definition) is 5. The highest BCUT2D eigenvalue weighted by molar-refractivity contribution is 6.31. The molecule has 0 spiro atoms. The molecule has 1 aromatic heterocycles. The van der Waals surface area contributed by atoms with Crippen LogP contribution in [-0.2, 0) is 34.5 Å². The first-order chi connectivity index (χ1) is 20.4. The number of nitrogens with one attached hydrogen (secondary N) is 1. The molecule has 3 atom stereocenters. The molecular formula is C32H38ClN5O4. The van der Waals surface area contributed by atoms with Gasteiger partial charge in [0.15, 0.2) is 0 Å². The molecule has 42 heavy (non-hydrogen) atoms. The Kier molecular flexibility index (Phi) is 8.12. The monoisotopic (exact) mass is 591 g/mol. The molecule has 1 saturated heterocycles. The van der Waals surface area contributed by atoms with Crippen molar-refractivity contribution in [2.75, 3.05) is 26.7 Å². The molecule has 2 aliphatic heterocycles. The van der Waals surface area contributed by atoms with Crippen LogP contribution in [0.2, 0.25) is 5.02 Å². The number of para-hydroxylation sites is 1. The van der Waals surface area contributed by atoms with Gasteiger partial charge in [-0.3, -0.25) is 19.1 Å². The molecule has 3 aromatic rings. The van der Waals surface area contributed by atoms with E-state index in [2.05, 4.69) is 5.32 Å². The number of benzene rings is 2. The SMILES string of the molecule is CNC(=O)[C@@H]1CCCCC1C(=O)N1CCc2c(Cl)ccc(OCc3nn(C)c4ccccc34)c2[C@H]1CN1CCCC1=O. The molecule has 10 heteroatoms. The number of halogens is 1. The van der Waals surface area contributed by atoms with Crippen LogP contribution in [0.3, 0.4) is 0 Å². The standard InChI is InChI=1S/C32H38ClN5O4/c1-34-31(40)20-8-3-4-9-21(20)32(41)38-17-15-22-24(33)13-14-28(30(22)27(38)18-37-16-7-12-29(37)39)42-19-25-23-10-5-6-11-26(23)36(2)35-25/h5-6,10-11,13-14,20-21,27H,3-4,7-9,12,15-19H2,1-2H3,(H,34,40)/t20-,21?,27-/m1/s1. The Morgan fingerprint density at radius 3 is 2.60 bits per heavy atom. The number of carbonyl (C=O) groups excluding carboxylic acids is 3. The Morgan fingerprint density at radius 2 is 1.83 bits per heavy atom. The summed E-state index contributed by atoms with van der Waals surface area (Å²) in [6, 6.07) is 11.3. The lowest BCUT2D eigenvalue weighted by Crippen LogP contribution is -2.50. The van der Waals surface area contributed by atoms with Crippen LogP contribution in [-0.4, -0.2) is 64.0 Å². The predicted octanol–water partition coefficient (Wildman–Crippen LogP) is 4.41. The van der Waals surface area contributed by atoms with E-state index in [1.807, 2.05) is 57.9 Å². The summed E-state index contributed by atoms with van der Waals surface area (Å²) in [7, 11) is 3.55. The van der Waals surface area contributed by atoms with E-state index in [9.17, 15) is 14.4 Å². The highest BCUT2D eigenvalue weighted by Crippen LogP contribution is 2.43. The predicted molar refractivity (Wildman–Crippen MR) is 160 cm³/mol. The maximum absolute atomic E-state index is 14.3. The lowest BCUT2D eigenvalue weighted by atomic mass is 9.77. The molecule has 9 nitrogen and oxygen atoms in total. The first kappa shape index (κ1) is 28.5. The number of hydrogen-bond donors (Lipinski definition) is 1. The smallest absolute Gasteiger partial charge is 0.227 e. The van der Waals surface area contributed by atoms with Crippen LogP contribution in [0.15, 0.2) is 36.4 Å². The summed E-state index contributed by atoms with van der Waals surface area (Å²) in [5, 5.41) is 9.12. The first-order valence-electron chi connectivity index (χ1n) is 15.0. The van der Waals surface area contributed by atoms with Crippen molar-refractivity contribution < 1.29 is 19.1 Å². The van der Waals surface area contributed by atoms with Crippen LogP contribution in [0.1, 0.15) is 61.4 Å². The Balaban J connectivity index is 1.37. The van der Waals surface area contributed by atoms with E-state index >= 15 is 0 Å². The number of rotatable bonds is 7. The molecule has 1 N–H and O–H groups in total. The zero-order valence-corrected chi connectivity index (χ0v) is 25.0. The fourth-order valence-corrected chi connectivity index (χ4v) is 7.40. The lowest BCUT2D eigenvalue weighted by Gasteiger charge is -2.43. The van der Waals surface area contributed by atoms with Gasteiger partial charge in [-0.05, 0) is 49.4 Å². The Bertz CT molecular complexity index is 1520. The second kappa shape index (κ2) is 12.0. The fourth-order valence-electron chi connectivity index (χ4n) is 7.15. The number of nitrogens with zero attached hydrogens (tertiary/aromatic N) is 4. The minimum absolute atomic E-state index is 0.0211. The molecule has 0 radical (unpaired) electrons. The van der Waals surface area contributed by atoms with E-state index < -0.39 is 6.04 Å². The van der Waals surface area contributed by atoms with Crippen molar-refractivity contribution in [3.63, 3.8) is 0 Å². The van der Waals surface area contributed by atoms with E-state index in [-0.39, 0.29) is 36.2 Å². The average molecular weight is 592 g/mol. The van der Waals surface area contributed by atoms with Crippen LogP contribution < -0.4 is 10.1 Å². The van der Waals surface area contributed by atoms with Gasteiger partial charge in [0.05, 0.1) is 11.6 Å². The van der Waals surface area contributed by atoms with E-state index in [0.717, 1.165) is 47.0 Å². The van der Waals surface area contributed by atoms with Gasteiger partial charge in [0.2, 0.25) is 17.7 Å². The summed E-state index contributed by atoms with van der Waals surface area (Å²) in [5.74, 6) is -0.0945. The fraction of sp³-hybridized carbons (Fsp3) is 0.500. The maximum Gasteiger partial charge on any atom is 0.227 e. The minimum Gasteiger partial charge on any atom is -0.487 e. The van der Waals surface area contributed by atoms with Crippen LogP contribution in [0, 0.1) is 11.8 Å². The largest absolute Gasteiger partial charge is 0.487 e. The molecule has 1 saturated carbocycles. The number of aryl methyl sites for hydroxylation is 1. The summed E-state index contributed by atoms with van der Waals surface area (Å²) in [5.41, 5.74) is 3.65. The van der Waals surface area contributed by atoms with Gasteiger partial charge < -0.3 is 19.9 Å². The molecule has 6 rings (SSSR count). The van der Waals surface area contributed by atoms with Crippen LogP contribution in [0.4, 0.5) is 0 Å². The highest BCUT2D eigenvalue weighted by atomic mass is 35.5. The molecular weight excluding hydrogens is 554 g/mol. The highest BCUT2D eigenvalue weighted by Gasteiger charge is 2.43. The van der Waals surface area contributed by atoms with E-state index in [0.29, 0.717) is 56.1 Å². The van der Waals surface area contributed by atoms with Crippen molar-refractivity contribution in [3.8, 4) is 5.75 Å². The van der Waals surface area contributed by atoms with Crippen LogP contribution in [0.25, 0.3) is 10.9 Å². The third-order valence-electron chi connectivity index (χ3n) is 9.28. The zero-order chi connectivity index (χ0) is 29.4. The third-order valence-corrected chi connectivity index (χ3v) is 9.64. The van der Waals surface area contributed by atoms with Crippen molar-refractivity contribution in [1.29, 1.82) is 0 Å². The summed E-state index contributed by atoms with van der Waals surface area (Å²) in [6.45, 7) is 1.76. The third kappa shape index (κ3) is 5.23. The molecule has 222 valence electrons. The first-order valence-corrected chi connectivity index (χ1v) is 15.4. The molecule has 3 aliphatic rings. The molecule has 0 bridgehead atoms. The Hall–Kier alpha value is -3.59. The number of amides is 3. The molecule has 1 aliphatic carbocycles. The number of aromatic nitrogens is 2. The molecule has 3 heterocycles. The Morgan fingerprint density at radius 1 is 1.05 bits per heavy atom. The van der Waals surface area contributed by atoms with E-state index in [4.69, 9.17) is 21.4 Å². The number of ether oxygens (including phenoxy) is 1. The quantitative estimate of drug-likeness (QED) is 0.439. The second-order valence-electron chi connectivity index (χ2n) is 11.7. The van der Waals surface area contributed by atoms with Crippen LogP contribution >= 0.6 is 11.6 Å². The summed E-state index contributed by atoms with van der Waals surface area (Å²) < 4.78 is 8.35. The molecule has 2 aromatic carbocycles. The van der Waals surface area contributed by atoms with E-state index in [1.165, 1.54) is 0 Å². The average Bonchev–Trinajstić information content (AvgIpc) is 3.57. The summed E-state index contributed by atoms with van der Waals surface area (Å²) >= 11 is 6.77. The zero-order valence-electron chi connectivity index (χ0n) is 24.3. The number of carbonyl (C=O) groups is 3. The van der Waals surface area contributed by atoms with Gasteiger partial charge in [0, 0.05) is 68.0 Å². The number of likely N-dealkylation sites (tertiary alicyclic amines) is 1. The van der Waals surface area contributed by atoms with Gasteiger partial charge in [-0.1, -0.05) is 42.6 Å². The summed E-state index contributed by atoms with van der Waals surface area (Å²) in [4.78, 5) is 43.7. The van der Waals surface area contributed by atoms with Crippen molar-refractivity contribution in [3.05, 3.63) is 58.2 Å². The van der Waals surface area contributed by atoms with Gasteiger partial charge >= 0.3 is 0 Å². The Labute approximate surface area is 251 Å². The van der Waals surface area contributed by atoms with Gasteiger partial charge in [-0.15, -0.1) is 0 Å². The normalized spacial score (nSPS) is 22.4. The second-order valence-corrected chi connectivity index (χ2v) is 12.1.